The molecule has 0 aliphatic rings. The van der Waals surface area contributed by atoms with Crippen molar-refractivity contribution in [2.75, 3.05) is 20.8 Å². The number of aryl methyl sites for hydroxylation is 1. The Morgan fingerprint density at radius 2 is 1.66 bits per heavy atom. The minimum absolute atomic E-state index is 0.162. The zero-order valence-corrected chi connectivity index (χ0v) is 17.4. The number of H-pyrrole nitrogens is 1. The quantitative estimate of drug-likeness (QED) is 0.327. The van der Waals surface area contributed by atoms with E-state index in [-0.39, 0.29) is 40.4 Å². The van der Waals surface area contributed by atoms with Gasteiger partial charge in [0.25, 0.3) is 0 Å². The Bertz CT molecular complexity index is 1100. The van der Waals surface area contributed by atoms with Crippen molar-refractivity contribution in [1.82, 2.24) is 4.98 Å². The number of ether oxygens (including phenoxy) is 2. The average Bonchev–Trinajstić information content (AvgIpc) is 3.09. The maximum atomic E-state index is 13.9. The smallest absolute Gasteiger partial charge is 0.417 e. The van der Waals surface area contributed by atoms with Crippen molar-refractivity contribution < 1.29 is 35.8 Å². The third-order valence-electron chi connectivity index (χ3n) is 5.19. The molecule has 4 nitrogen and oxygen atoms in total. The third kappa shape index (κ3) is 4.50. The number of hydrogen-bond donors (Lipinski definition) is 2. The standard InChI is InChI=1S/C22H22F6N2O2/c1-31-17-8-5-7-14(20(17)32-2)19-13(6-3-4-9-29)18-15(22(26,27)28)10-12(21(23,24)25)11-16(18)30-19/h5,7-8,10-11,30H,3-4,6,9,29H2,1-2H3. The second-order valence-electron chi connectivity index (χ2n) is 7.21. The fraction of sp³-hybridized carbons (Fsp3) is 0.364. The molecule has 0 saturated carbocycles. The molecule has 0 amide bonds. The summed E-state index contributed by atoms with van der Waals surface area (Å²) in [7, 11) is 2.79. The Kier molecular flexibility index (Phi) is 6.64. The summed E-state index contributed by atoms with van der Waals surface area (Å²) >= 11 is 0. The van der Waals surface area contributed by atoms with Crippen LogP contribution in [0.25, 0.3) is 22.2 Å². The van der Waals surface area contributed by atoms with E-state index in [0.717, 1.165) is 0 Å². The predicted octanol–water partition coefficient (Wildman–Crippen LogP) is 6.17. The predicted molar refractivity (Wildman–Crippen MR) is 109 cm³/mol. The van der Waals surface area contributed by atoms with Crippen molar-refractivity contribution in [3.05, 3.63) is 47.0 Å². The second-order valence-corrected chi connectivity index (χ2v) is 7.21. The minimum atomic E-state index is -4.99. The Labute approximate surface area is 180 Å². The molecule has 0 radical (unpaired) electrons. The molecule has 1 aromatic heterocycles. The highest BCUT2D eigenvalue weighted by molar-refractivity contribution is 5.95. The molecule has 0 unspecified atom stereocenters. The summed E-state index contributed by atoms with van der Waals surface area (Å²) < 4.78 is 92.4. The monoisotopic (exact) mass is 460 g/mol. The molecule has 0 bridgehead atoms. The fourth-order valence-corrected chi connectivity index (χ4v) is 3.80. The van der Waals surface area contributed by atoms with E-state index in [4.69, 9.17) is 15.2 Å². The van der Waals surface area contributed by atoms with Crippen LogP contribution < -0.4 is 15.2 Å². The SMILES string of the molecule is COc1cccc(-c2[nH]c3cc(C(F)(F)F)cc(C(F)(F)F)c3c2CCCCN)c1OC. The highest BCUT2D eigenvalue weighted by atomic mass is 19.4. The minimum Gasteiger partial charge on any atom is -0.493 e. The third-order valence-corrected chi connectivity index (χ3v) is 5.19. The Morgan fingerprint density at radius 1 is 0.938 bits per heavy atom. The molecule has 10 heteroatoms. The van der Waals surface area contributed by atoms with Gasteiger partial charge in [-0.25, -0.2) is 0 Å². The summed E-state index contributed by atoms with van der Waals surface area (Å²) in [5, 5.41) is -0.289. The van der Waals surface area contributed by atoms with Crippen molar-refractivity contribution >= 4 is 10.9 Å². The van der Waals surface area contributed by atoms with Crippen molar-refractivity contribution in [2.24, 2.45) is 5.73 Å². The lowest BCUT2D eigenvalue weighted by Gasteiger charge is -2.15. The molecule has 0 spiro atoms. The van der Waals surface area contributed by atoms with Crippen LogP contribution >= 0.6 is 0 Å². The van der Waals surface area contributed by atoms with Gasteiger partial charge in [0.05, 0.1) is 31.0 Å². The van der Waals surface area contributed by atoms with Gasteiger partial charge in [0.2, 0.25) is 0 Å². The van der Waals surface area contributed by atoms with Crippen LogP contribution in [0.15, 0.2) is 30.3 Å². The van der Waals surface area contributed by atoms with Crippen LogP contribution in [0.5, 0.6) is 11.5 Å². The summed E-state index contributed by atoms with van der Waals surface area (Å²) in [5.41, 5.74) is 3.44. The highest BCUT2D eigenvalue weighted by Gasteiger charge is 2.39. The first kappa shape index (κ1) is 23.8. The Hall–Kier alpha value is -2.88. The summed E-state index contributed by atoms with van der Waals surface area (Å²) in [4.78, 5) is 2.79. The van der Waals surface area contributed by atoms with Gasteiger partial charge in [-0.05, 0) is 55.6 Å². The molecule has 3 N–H and O–H groups in total. The summed E-state index contributed by atoms with van der Waals surface area (Å²) in [6.45, 7) is 0.338. The van der Waals surface area contributed by atoms with E-state index in [1.807, 2.05) is 0 Å². The molecule has 0 aliphatic heterocycles. The zero-order chi connectivity index (χ0) is 23.7. The van der Waals surface area contributed by atoms with Crippen LogP contribution in [-0.4, -0.2) is 25.7 Å². The number of aromatic amines is 1. The highest BCUT2D eigenvalue weighted by Crippen LogP contribution is 2.46. The lowest BCUT2D eigenvalue weighted by Crippen LogP contribution is -2.11. The molecule has 0 atom stereocenters. The number of benzene rings is 2. The van der Waals surface area contributed by atoms with Gasteiger partial charge in [-0.2, -0.15) is 26.3 Å². The lowest BCUT2D eigenvalue weighted by molar-refractivity contribution is -0.142. The van der Waals surface area contributed by atoms with Crippen LogP contribution in [0.1, 0.15) is 29.5 Å². The molecular formula is C22H22F6N2O2. The number of para-hydroxylation sites is 1. The molecular weight excluding hydrogens is 438 g/mol. The van der Waals surface area contributed by atoms with Crippen LogP contribution in [-0.2, 0) is 18.8 Å². The number of methoxy groups -OCH3 is 2. The molecule has 3 rings (SSSR count). The van der Waals surface area contributed by atoms with E-state index >= 15 is 0 Å². The molecule has 3 aromatic rings. The molecule has 0 aliphatic carbocycles. The molecule has 0 saturated heterocycles. The number of halogens is 6. The van der Waals surface area contributed by atoms with Gasteiger partial charge in [0.15, 0.2) is 11.5 Å². The molecule has 32 heavy (non-hydrogen) atoms. The van der Waals surface area contributed by atoms with Crippen LogP contribution in [0, 0.1) is 0 Å². The van der Waals surface area contributed by atoms with Gasteiger partial charge in [-0.15, -0.1) is 0 Å². The number of hydrogen-bond acceptors (Lipinski definition) is 3. The first-order valence-electron chi connectivity index (χ1n) is 9.77. The average molecular weight is 460 g/mol. The van der Waals surface area contributed by atoms with Crippen molar-refractivity contribution in [2.45, 2.75) is 31.6 Å². The summed E-state index contributed by atoms with van der Waals surface area (Å²) in [5.74, 6) is 0.592. The van der Waals surface area contributed by atoms with E-state index in [0.29, 0.717) is 36.8 Å². The maximum Gasteiger partial charge on any atom is 0.417 e. The van der Waals surface area contributed by atoms with E-state index in [2.05, 4.69) is 4.98 Å². The van der Waals surface area contributed by atoms with Gasteiger partial charge >= 0.3 is 12.4 Å². The number of aromatic nitrogens is 1. The Morgan fingerprint density at radius 3 is 2.22 bits per heavy atom. The maximum absolute atomic E-state index is 13.9. The van der Waals surface area contributed by atoms with E-state index < -0.39 is 23.5 Å². The van der Waals surface area contributed by atoms with Gasteiger partial charge in [-0.1, -0.05) is 6.07 Å². The second kappa shape index (κ2) is 8.93. The van der Waals surface area contributed by atoms with E-state index in [1.54, 1.807) is 18.2 Å². The van der Waals surface area contributed by atoms with Crippen molar-refractivity contribution in [1.29, 1.82) is 0 Å². The molecule has 2 aromatic carbocycles. The lowest BCUT2D eigenvalue weighted by atomic mass is 9.95. The summed E-state index contributed by atoms with van der Waals surface area (Å²) in [6, 6.07) is 5.71. The normalized spacial score (nSPS) is 12.4. The van der Waals surface area contributed by atoms with Gasteiger partial charge in [-0.3, -0.25) is 0 Å². The largest absolute Gasteiger partial charge is 0.493 e. The molecule has 0 fully saturated rings. The molecule has 1 heterocycles. The first-order valence-corrected chi connectivity index (χ1v) is 9.77. The van der Waals surface area contributed by atoms with Crippen LogP contribution in [0.3, 0.4) is 0 Å². The van der Waals surface area contributed by atoms with Crippen molar-refractivity contribution in [3.8, 4) is 22.8 Å². The number of alkyl halides is 6. The number of nitrogens with one attached hydrogen (secondary N) is 1. The number of rotatable bonds is 7. The van der Waals surface area contributed by atoms with E-state index in [9.17, 15) is 26.3 Å². The number of fused-ring (bicyclic) bond motifs is 1. The first-order chi connectivity index (χ1) is 15.0. The fourth-order valence-electron chi connectivity index (χ4n) is 3.80. The van der Waals surface area contributed by atoms with Crippen LogP contribution in [0.4, 0.5) is 26.3 Å². The topological polar surface area (TPSA) is 60.3 Å². The molecule has 174 valence electrons. The van der Waals surface area contributed by atoms with Crippen molar-refractivity contribution in [3.63, 3.8) is 0 Å². The van der Waals surface area contributed by atoms with Gasteiger partial charge in [0, 0.05) is 16.5 Å². The van der Waals surface area contributed by atoms with Crippen LogP contribution in [0.2, 0.25) is 0 Å². The number of unbranched alkanes of at least 4 members (excludes halogenated alkanes) is 1. The van der Waals surface area contributed by atoms with Gasteiger partial charge < -0.3 is 20.2 Å². The summed E-state index contributed by atoms with van der Waals surface area (Å²) in [6.07, 6.45) is -8.74. The van der Waals surface area contributed by atoms with E-state index in [1.165, 1.54) is 14.2 Å². The number of nitrogens with two attached hydrogens (primary N) is 1. The Balaban J connectivity index is 2.40. The zero-order valence-electron chi connectivity index (χ0n) is 17.4. The van der Waals surface area contributed by atoms with Gasteiger partial charge in [0.1, 0.15) is 0 Å².